The zero-order valence-electron chi connectivity index (χ0n) is 12.2. The van der Waals surface area contributed by atoms with E-state index in [0.717, 1.165) is 28.1 Å². The van der Waals surface area contributed by atoms with E-state index in [-0.39, 0.29) is 18.7 Å². The summed E-state index contributed by atoms with van der Waals surface area (Å²) in [6.07, 6.45) is 0.493. The van der Waals surface area contributed by atoms with Gasteiger partial charge in [0.25, 0.3) is 0 Å². The molecule has 19 heavy (non-hydrogen) atoms. The van der Waals surface area contributed by atoms with Gasteiger partial charge in [-0.1, -0.05) is 0 Å². The Hall–Kier alpha value is -2.02. The SMILES string of the molecule is COc1cc(C)c(N(C)C(=O)CCC#N)c(C)c1C. The number of carbonyl (C=O) groups is 1. The molecule has 0 fully saturated rings. The summed E-state index contributed by atoms with van der Waals surface area (Å²) in [5.41, 5.74) is 3.96. The number of rotatable bonds is 4. The van der Waals surface area contributed by atoms with Crippen LogP contribution in [0.3, 0.4) is 0 Å². The van der Waals surface area contributed by atoms with Crippen LogP contribution >= 0.6 is 0 Å². The third-order valence-corrected chi connectivity index (χ3v) is 3.39. The van der Waals surface area contributed by atoms with Gasteiger partial charge in [0.05, 0.1) is 13.2 Å². The Labute approximate surface area is 114 Å². The Kier molecular flexibility index (Phi) is 4.94. The monoisotopic (exact) mass is 260 g/mol. The van der Waals surface area contributed by atoms with Crippen LogP contribution in [0.25, 0.3) is 0 Å². The summed E-state index contributed by atoms with van der Waals surface area (Å²) in [4.78, 5) is 13.6. The average Bonchev–Trinajstić information content (AvgIpc) is 2.39. The maximum Gasteiger partial charge on any atom is 0.227 e. The van der Waals surface area contributed by atoms with Crippen molar-refractivity contribution in [2.45, 2.75) is 33.6 Å². The predicted octanol–water partition coefficient (Wildman–Crippen LogP) is 2.89. The number of amides is 1. The molecule has 0 heterocycles. The molecule has 4 nitrogen and oxygen atoms in total. The standard InChI is InChI=1S/C15H20N2O2/c1-10-9-13(19-5)11(2)12(3)15(10)17(4)14(18)7-6-8-16/h9H,6-7H2,1-5H3. The van der Waals surface area contributed by atoms with Gasteiger partial charge in [0.2, 0.25) is 5.91 Å². The lowest BCUT2D eigenvalue weighted by molar-refractivity contribution is -0.118. The van der Waals surface area contributed by atoms with E-state index >= 15 is 0 Å². The third-order valence-electron chi connectivity index (χ3n) is 3.39. The van der Waals surface area contributed by atoms with Gasteiger partial charge < -0.3 is 9.64 Å². The molecule has 1 aromatic rings. The Morgan fingerprint density at radius 1 is 1.37 bits per heavy atom. The van der Waals surface area contributed by atoms with Crippen LogP contribution in [0.4, 0.5) is 5.69 Å². The Morgan fingerprint density at radius 2 is 2.00 bits per heavy atom. The molecule has 0 saturated heterocycles. The van der Waals surface area contributed by atoms with Gasteiger partial charge in [-0.05, 0) is 43.5 Å². The maximum absolute atomic E-state index is 12.0. The van der Waals surface area contributed by atoms with Gasteiger partial charge >= 0.3 is 0 Å². The van der Waals surface area contributed by atoms with Crippen molar-refractivity contribution < 1.29 is 9.53 Å². The van der Waals surface area contributed by atoms with E-state index in [4.69, 9.17) is 10.00 Å². The summed E-state index contributed by atoms with van der Waals surface area (Å²) >= 11 is 0. The molecule has 0 spiro atoms. The molecule has 0 bridgehead atoms. The molecular formula is C15H20N2O2. The van der Waals surface area contributed by atoms with Crippen molar-refractivity contribution in [1.29, 1.82) is 5.26 Å². The van der Waals surface area contributed by atoms with Crippen molar-refractivity contribution in [3.8, 4) is 11.8 Å². The topological polar surface area (TPSA) is 53.3 Å². The predicted molar refractivity (Wildman–Crippen MR) is 75.5 cm³/mol. The van der Waals surface area contributed by atoms with E-state index in [2.05, 4.69) is 0 Å². The number of anilines is 1. The van der Waals surface area contributed by atoms with Crippen LogP contribution in [0.2, 0.25) is 0 Å². The lowest BCUT2D eigenvalue weighted by Crippen LogP contribution is -2.27. The smallest absolute Gasteiger partial charge is 0.227 e. The first-order chi connectivity index (χ1) is 8.93. The minimum Gasteiger partial charge on any atom is -0.496 e. The molecule has 0 atom stereocenters. The van der Waals surface area contributed by atoms with E-state index in [9.17, 15) is 4.79 Å². The van der Waals surface area contributed by atoms with Crippen molar-refractivity contribution in [2.75, 3.05) is 19.1 Å². The first kappa shape index (κ1) is 15.0. The van der Waals surface area contributed by atoms with E-state index < -0.39 is 0 Å². The summed E-state index contributed by atoms with van der Waals surface area (Å²) < 4.78 is 5.32. The lowest BCUT2D eigenvalue weighted by atomic mass is 10.0. The fraction of sp³-hybridized carbons (Fsp3) is 0.467. The van der Waals surface area contributed by atoms with Crippen molar-refractivity contribution in [3.05, 3.63) is 22.8 Å². The maximum atomic E-state index is 12.0. The molecule has 1 aromatic carbocycles. The molecule has 1 amide bonds. The number of ether oxygens (including phenoxy) is 1. The molecule has 102 valence electrons. The molecule has 0 saturated carbocycles. The lowest BCUT2D eigenvalue weighted by Gasteiger charge is -2.24. The second-order valence-electron chi connectivity index (χ2n) is 4.61. The van der Waals surface area contributed by atoms with Gasteiger partial charge in [-0.3, -0.25) is 4.79 Å². The highest BCUT2D eigenvalue weighted by Crippen LogP contribution is 2.33. The fourth-order valence-corrected chi connectivity index (χ4v) is 2.21. The third kappa shape index (κ3) is 3.05. The van der Waals surface area contributed by atoms with Gasteiger partial charge in [0.15, 0.2) is 0 Å². The van der Waals surface area contributed by atoms with E-state index in [0.29, 0.717) is 0 Å². The van der Waals surface area contributed by atoms with Crippen LogP contribution in [0, 0.1) is 32.1 Å². The highest BCUT2D eigenvalue weighted by atomic mass is 16.5. The molecule has 0 aromatic heterocycles. The number of carbonyl (C=O) groups excluding carboxylic acids is 1. The van der Waals surface area contributed by atoms with Crippen LogP contribution in [0.15, 0.2) is 6.07 Å². The number of hydrogen-bond donors (Lipinski definition) is 0. The molecular weight excluding hydrogens is 240 g/mol. The van der Waals surface area contributed by atoms with Gasteiger partial charge in [0, 0.05) is 25.6 Å². The zero-order valence-corrected chi connectivity index (χ0v) is 12.2. The second-order valence-corrected chi connectivity index (χ2v) is 4.61. The molecule has 0 aliphatic carbocycles. The van der Waals surface area contributed by atoms with Crippen LogP contribution in [-0.4, -0.2) is 20.1 Å². The largest absolute Gasteiger partial charge is 0.496 e. The number of hydrogen-bond acceptors (Lipinski definition) is 3. The zero-order chi connectivity index (χ0) is 14.6. The Balaban J connectivity index is 3.17. The van der Waals surface area contributed by atoms with Crippen LogP contribution < -0.4 is 9.64 Å². The van der Waals surface area contributed by atoms with E-state index in [1.807, 2.05) is 32.9 Å². The highest BCUT2D eigenvalue weighted by Gasteiger charge is 2.18. The molecule has 0 aliphatic rings. The molecule has 0 aliphatic heterocycles. The number of aryl methyl sites for hydroxylation is 1. The number of nitriles is 1. The van der Waals surface area contributed by atoms with Gasteiger partial charge in [0.1, 0.15) is 5.75 Å². The van der Waals surface area contributed by atoms with E-state index in [1.54, 1.807) is 19.1 Å². The summed E-state index contributed by atoms with van der Waals surface area (Å²) in [6, 6.07) is 3.93. The van der Waals surface area contributed by atoms with Crippen molar-refractivity contribution in [1.82, 2.24) is 0 Å². The Morgan fingerprint density at radius 3 is 2.53 bits per heavy atom. The minimum atomic E-state index is -0.0442. The normalized spacial score (nSPS) is 9.89. The van der Waals surface area contributed by atoms with Crippen molar-refractivity contribution in [3.63, 3.8) is 0 Å². The summed E-state index contributed by atoms with van der Waals surface area (Å²) in [5.74, 6) is 0.786. The van der Waals surface area contributed by atoms with Crippen molar-refractivity contribution >= 4 is 11.6 Å². The summed E-state index contributed by atoms with van der Waals surface area (Å²) in [5, 5.41) is 8.55. The van der Waals surface area contributed by atoms with Gasteiger partial charge in [-0.2, -0.15) is 5.26 Å². The highest BCUT2D eigenvalue weighted by molar-refractivity contribution is 5.95. The van der Waals surface area contributed by atoms with Crippen LogP contribution in [0.1, 0.15) is 29.5 Å². The fourth-order valence-electron chi connectivity index (χ4n) is 2.21. The molecule has 0 N–H and O–H groups in total. The summed E-state index contributed by atoms with van der Waals surface area (Å²) in [6.45, 7) is 5.91. The quantitative estimate of drug-likeness (QED) is 0.836. The number of benzene rings is 1. The van der Waals surface area contributed by atoms with Gasteiger partial charge in [-0.25, -0.2) is 0 Å². The first-order valence-electron chi connectivity index (χ1n) is 6.22. The minimum absolute atomic E-state index is 0.0442. The summed E-state index contributed by atoms with van der Waals surface area (Å²) in [7, 11) is 3.39. The molecule has 0 radical (unpaired) electrons. The van der Waals surface area contributed by atoms with Crippen LogP contribution in [0.5, 0.6) is 5.75 Å². The average molecular weight is 260 g/mol. The second kappa shape index (κ2) is 6.24. The van der Waals surface area contributed by atoms with Crippen LogP contribution in [-0.2, 0) is 4.79 Å². The number of methoxy groups -OCH3 is 1. The first-order valence-corrected chi connectivity index (χ1v) is 6.22. The Bertz CT molecular complexity index is 530. The number of nitrogens with zero attached hydrogens (tertiary/aromatic N) is 2. The molecule has 4 heteroatoms. The van der Waals surface area contributed by atoms with Crippen molar-refractivity contribution in [2.24, 2.45) is 0 Å². The van der Waals surface area contributed by atoms with Gasteiger partial charge in [-0.15, -0.1) is 0 Å². The molecule has 1 rings (SSSR count). The van der Waals surface area contributed by atoms with E-state index in [1.165, 1.54) is 0 Å². The molecule has 0 unspecified atom stereocenters.